The molecule has 0 amide bonds. The molecule has 0 bridgehead atoms. The van der Waals surface area contributed by atoms with E-state index in [4.69, 9.17) is 5.73 Å². The van der Waals surface area contributed by atoms with Crippen LogP contribution in [0, 0.1) is 52.3 Å². The summed E-state index contributed by atoms with van der Waals surface area (Å²) in [6.07, 6.45) is 10.1. The first kappa shape index (κ1) is 21.1. The highest BCUT2D eigenvalue weighted by molar-refractivity contribution is 5.13. The zero-order chi connectivity index (χ0) is 20.3. The number of nitrogens with two attached hydrogens (primary N) is 1. The SMILES string of the molecule is CC[C@@H]1C2C[C@H](O)CCC2(C)[C@H]2CCC3(C)C([C@H](C)CCN)CC[C@H]3C2[C@@H]1O. The van der Waals surface area contributed by atoms with Crippen LogP contribution < -0.4 is 5.73 Å². The molecule has 4 aliphatic rings. The first-order valence-electron chi connectivity index (χ1n) is 12.3. The van der Waals surface area contributed by atoms with Gasteiger partial charge in [-0.1, -0.05) is 34.1 Å². The van der Waals surface area contributed by atoms with Crippen molar-refractivity contribution in [3.63, 3.8) is 0 Å². The Bertz CT molecular complexity index is 567. The van der Waals surface area contributed by atoms with Crippen LogP contribution in [0.15, 0.2) is 0 Å². The Kier molecular flexibility index (Phi) is 5.69. The lowest BCUT2D eigenvalue weighted by atomic mass is 9.41. The molecule has 28 heavy (non-hydrogen) atoms. The number of hydrogen-bond donors (Lipinski definition) is 3. The molecule has 0 aromatic rings. The Morgan fingerprint density at radius 1 is 0.964 bits per heavy atom. The largest absolute Gasteiger partial charge is 0.393 e. The summed E-state index contributed by atoms with van der Waals surface area (Å²) in [5.41, 5.74) is 6.61. The highest BCUT2D eigenvalue weighted by Gasteiger charge is 2.64. The van der Waals surface area contributed by atoms with Crippen LogP contribution >= 0.6 is 0 Å². The lowest BCUT2D eigenvalue weighted by Gasteiger charge is -2.64. The first-order chi connectivity index (χ1) is 13.3. The Balaban J connectivity index is 1.67. The topological polar surface area (TPSA) is 66.5 Å². The van der Waals surface area contributed by atoms with Crippen molar-refractivity contribution in [3.05, 3.63) is 0 Å². The van der Waals surface area contributed by atoms with Crippen LogP contribution in [0.5, 0.6) is 0 Å². The van der Waals surface area contributed by atoms with Gasteiger partial charge in [-0.15, -0.1) is 0 Å². The van der Waals surface area contributed by atoms with Crippen molar-refractivity contribution in [1.29, 1.82) is 0 Å². The van der Waals surface area contributed by atoms with Crippen molar-refractivity contribution < 1.29 is 10.2 Å². The first-order valence-corrected chi connectivity index (χ1v) is 12.3. The van der Waals surface area contributed by atoms with Crippen molar-refractivity contribution in [2.24, 2.45) is 58.0 Å². The fourth-order valence-corrected chi connectivity index (χ4v) is 9.40. The van der Waals surface area contributed by atoms with E-state index < -0.39 is 0 Å². The fourth-order valence-electron chi connectivity index (χ4n) is 9.40. The van der Waals surface area contributed by atoms with Gasteiger partial charge in [0.15, 0.2) is 0 Å². The van der Waals surface area contributed by atoms with Crippen LogP contribution in [0.3, 0.4) is 0 Å². The molecule has 0 aromatic carbocycles. The predicted octanol–water partition coefficient (Wildman–Crippen LogP) is 4.60. The van der Waals surface area contributed by atoms with Gasteiger partial charge in [-0.2, -0.15) is 0 Å². The second kappa shape index (κ2) is 7.54. The Morgan fingerprint density at radius 3 is 2.32 bits per heavy atom. The molecule has 3 nitrogen and oxygen atoms in total. The molecule has 0 spiro atoms. The number of aliphatic hydroxyl groups excluding tert-OH is 2. The minimum Gasteiger partial charge on any atom is -0.393 e. The maximum atomic E-state index is 11.7. The minimum atomic E-state index is -0.174. The number of fused-ring (bicyclic) bond motifs is 5. The van der Waals surface area contributed by atoms with Crippen molar-refractivity contribution in [2.75, 3.05) is 6.54 Å². The smallest absolute Gasteiger partial charge is 0.0605 e. The van der Waals surface area contributed by atoms with E-state index in [-0.39, 0.29) is 12.2 Å². The molecule has 0 radical (unpaired) electrons. The molecule has 0 heterocycles. The highest BCUT2D eigenvalue weighted by atomic mass is 16.3. The highest BCUT2D eigenvalue weighted by Crippen LogP contribution is 2.69. The molecule has 11 atom stereocenters. The average Bonchev–Trinajstić information content (AvgIpc) is 3.01. The van der Waals surface area contributed by atoms with E-state index in [1.54, 1.807) is 0 Å². The lowest BCUT2D eigenvalue weighted by molar-refractivity contribution is -0.203. The van der Waals surface area contributed by atoms with Crippen molar-refractivity contribution >= 4 is 0 Å². The van der Waals surface area contributed by atoms with Gasteiger partial charge in [0.25, 0.3) is 0 Å². The van der Waals surface area contributed by atoms with Crippen molar-refractivity contribution in [2.45, 2.75) is 97.7 Å². The molecule has 4 rings (SSSR count). The van der Waals surface area contributed by atoms with Gasteiger partial charge >= 0.3 is 0 Å². The second-order valence-corrected chi connectivity index (χ2v) is 11.7. The number of rotatable bonds is 4. The molecule has 4 N–H and O–H groups in total. The minimum absolute atomic E-state index is 0.155. The predicted molar refractivity (Wildman–Crippen MR) is 115 cm³/mol. The summed E-state index contributed by atoms with van der Waals surface area (Å²) in [5, 5.41) is 22.1. The standard InChI is InChI=1S/C25H45NO2/c1-5-17-21-14-16(27)8-11-25(21,4)20-9-12-24(3)18(15(2)10-13-26)6-7-19(24)22(20)23(17)28/h15-23,27-28H,5-14,26H2,1-4H3/t15-,16-,17-,18?,19+,20+,21?,22?,23-,24?,25?/m1/s1. The summed E-state index contributed by atoms with van der Waals surface area (Å²) in [6.45, 7) is 10.6. The van der Waals surface area contributed by atoms with E-state index in [0.29, 0.717) is 46.3 Å². The number of hydrogen-bond acceptors (Lipinski definition) is 3. The molecular formula is C25H45NO2. The molecule has 4 aliphatic carbocycles. The van der Waals surface area contributed by atoms with Crippen LogP contribution in [-0.4, -0.2) is 29.0 Å². The van der Waals surface area contributed by atoms with Gasteiger partial charge in [-0.3, -0.25) is 0 Å². The van der Waals surface area contributed by atoms with E-state index in [1.165, 1.54) is 25.7 Å². The van der Waals surface area contributed by atoms with Crippen LogP contribution in [0.2, 0.25) is 0 Å². The number of aliphatic hydroxyl groups is 2. The lowest BCUT2D eigenvalue weighted by Crippen LogP contribution is -2.62. The third-order valence-corrected chi connectivity index (χ3v) is 10.8. The molecule has 3 heteroatoms. The zero-order valence-corrected chi connectivity index (χ0v) is 18.7. The monoisotopic (exact) mass is 391 g/mol. The molecular weight excluding hydrogens is 346 g/mol. The quantitative estimate of drug-likeness (QED) is 0.656. The van der Waals surface area contributed by atoms with Gasteiger partial charge < -0.3 is 15.9 Å². The molecule has 4 saturated carbocycles. The van der Waals surface area contributed by atoms with E-state index in [0.717, 1.165) is 44.6 Å². The Labute approximate surface area is 172 Å². The summed E-state index contributed by atoms with van der Waals surface area (Å²) >= 11 is 0. The molecule has 0 saturated heterocycles. The third kappa shape index (κ3) is 2.94. The molecule has 4 fully saturated rings. The third-order valence-electron chi connectivity index (χ3n) is 10.8. The molecule has 5 unspecified atom stereocenters. The summed E-state index contributed by atoms with van der Waals surface area (Å²) in [5.74, 6) is 4.12. The van der Waals surface area contributed by atoms with Crippen LogP contribution in [-0.2, 0) is 0 Å². The second-order valence-electron chi connectivity index (χ2n) is 11.7. The van der Waals surface area contributed by atoms with Gasteiger partial charge in [0.2, 0.25) is 0 Å². The van der Waals surface area contributed by atoms with Gasteiger partial charge in [-0.05, 0) is 110 Å². The van der Waals surface area contributed by atoms with Gasteiger partial charge in [0, 0.05) is 0 Å². The maximum absolute atomic E-state index is 11.7. The normalized spacial score (nSPS) is 54.5. The van der Waals surface area contributed by atoms with Gasteiger partial charge in [-0.25, -0.2) is 0 Å². The van der Waals surface area contributed by atoms with E-state index in [2.05, 4.69) is 27.7 Å². The zero-order valence-electron chi connectivity index (χ0n) is 18.7. The van der Waals surface area contributed by atoms with Gasteiger partial charge in [0.1, 0.15) is 0 Å². The summed E-state index contributed by atoms with van der Waals surface area (Å²) in [4.78, 5) is 0. The van der Waals surface area contributed by atoms with Crippen LogP contribution in [0.25, 0.3) is 0 Å². The van der Waals surface area contributed by atoms with E-state index in [9.17, 15) is 10.2 Å². The maximum Gasteiger partial charge on any atom is 0.0605 e. The van der Waals surface area contributed by atoms with Crippen LogP contribution in [0.1, 0.15) is 85.5 Å². The fraction of sp³-hybridized carbons (Fsp3) is 1.00. The molecule has 0 aromatic heterocycles. The van der Waals surface area contributed by atoms with Gasteiger partial charge in [0.05, 0.1) is 12.2 Å². The van der Waals surface area contributed by atoms with Crippen molar-refractivity contribution in [3.8, 4) is 0 Å². The van der Waals surface area contributed by atoms with Crippen molar-refractivity contribution in [1.82, 2.24) is 0 Å². The average molecular weight is 392 g/mol. The van der Waals surface area contributed by atoms with E-state index in [1.807, 2.05) is 0 Å². The van der Waals surface area contributed by atoms with E-state index >= 15 is 0 Å². The Hall–Kier alpha value is -0.120. The Morgan fingerprint density at radius 2 is 1.64 bits per heavy atom. The summed E-state index contributed by atoms with van der Waals surface area (Å²) in [6, 6.07) is 0. The molecule has 162 valence electrons. The molecule has 0 aliphatic heterocycles. The summed E-state index contributed by atoms with van der Waals surface area (Å²) < 4.78 is 0. The summed E-state index contributed by atoms with van der Waals surface area (Å²) in [7, 11) is 0. The van der Waals surface area contributed by atoms with Crippen LogP contribution in [0.4, 0.5) is 0 Å².